The van der Waals surface area contributed by atoms with E-state index in [0.717, 1.165) is 0 Å². The predicted octanol–water partition coefficient (Wildman–Crippen LogP) is 0.536. The molecule has 9 heavy (non-hydrogen) atoms. The second-order valence-corrected chi connectivity index (χ2v) is 1.47. The van der Waals surface area contributed by atoms with Crippen LogP contribution >= 0.6 is 0 Å². The normalized spacial score (nSPS) is 10.6. The van der Waals surface area contributed by atoms with Crippen molar-refractivity contribution in [2.75, 3.05) is 0 Å². The molecule has 0 saturated carbocycles. The third-order valence-electron chi connectivity index (χ3n) is 0.730. The van der Waals surface area contributed by atoms with Crippen molar-refractivity contribution < 1.29 is 9.53 Å². The number of rotatable bonds is 3. The minimum absolute atomic E-state index is 0.370. The molecule has 0 rings (SSSR count). The zero-order valence-corrected chi connectivity index (χ0v) is 5.26. The maximum atomic E-state index is 10.2. The smallest absolute Gasteiger partial charge is 0.247 e. The summed E-state index contributed by atoms with van der Waals surface area (Å²) >= 11 is 0. The Morgan fingerprint density at radius 1 is 1.78 bits per heavy atom. The van der Waals surface area contributed by atoms with E-state index in [1.54, 1.807) is 6.92 Å². The van der Waals surface area contributed by atoms with Gasteiger partial charge in [-0.3, -0.25) is 4.79 Å². The molecule has 0 saturated heterocycles. The summed E-state index contributed by atoms with van der Waals surface area (Å²) < 4.78 is 4.56. The molecule has 2 N–H and O–H groups in total. The summed E-state index contributed by atoms with van der Waals surface area (Å²) in [6, 6.07) is 0. The van der Waals surface area contributed by atoms with Gasteiger partial charge in [0.2, 0.25) is 5.91 Å². The highest BCUT2D eigenvalue weighted by molar-refractivity contribution is 5.90. The van der Waals surface area contributed by atoms with E-state index < -0.39 is 5.91 Å². The summed E-state index contributed by atoms with van der Waals surface area (Å²) in [7, 11) is 0. The number of hydrogen-bond donors (Lipinski definition) is 1. The molecule has 1 amide bonds. The first-order chi connectivity index (χ1) is 4.18. The van der Waals surface area contributed by atoms with E-state index in [1.807, 2.05) is 0 Å². The highest BCUT2D eigenvalue weighted by atomic mass is 16.5. The minimum Gasteiger partial charge on any atom is -0.473 e. The van der Waals surface area contributed by atoms with Crippen LogP contribution < -0.4 is 5.73 Å². The summed E-state index contributed by atoms with van der Waals surface area (Å²) in [5.74, 6) is -0.489. The van der Waals surface area contributed by atoms with E-state index >= 15 is 0 Å². The van der Waals surface area contributed by atoms with Crippen LogP contribution in [-0.2, 0) is 9.53 Å². The van der Waals surface area contributed by atoms with Gasteiger partial charge in [0.15, 0.2) is 0 Å². The molecule has 3 heteroatoms. The van der Waals surface area contributed by atoms with Crippen molar-refractivity contribution in [2.45, 2.75) is 6.92 Å². The molecule has 0 aliphatic heterocycles. The van der Waals surface area contributed by atoms with Crippen LogP contribution in [0.25, 0.3) is 0 Å². The lowest BCUT2D eigenvalue weighted by atomic mass is 10.3. The maximum absolute atomic E-state index is 10.2. The van der Waals surface area contributed by atoms with Crippen LogP contribution in [0.2, 0.25) is 0 Å². The Morgan fingerprint density at radius 2 is 2.33 bits per heavy atom. The number of hydrogen-bond acceptors (Lipinski definition) is 2. The van der Waals surface area contributed by atoms with Gasteiger partial charge in [0, 0.05) is 5.57 Å². The zero-order valence-electron chi connectivity index (χ0n) is 5.26. The zero-order chi connectivity index (χ0) is 7.28. The quantitative estimate of drug-likeness (QED) is 0.444. The fraction of sp³-hybridized carbons (Fsp3) is 0.167. The molecule has 0 radical (unpaired) electrons. The van der Waals surface area contributed by atoms with Crippen molar-refractivity contribution in [3.63, 3.8) is 0 Å². The summed E-state index contributed by atoms with van der Waals surface area (Å²) in [6.07, 6.45) is 2.46. The van der Waals surface area contributed by atoms with Crippen LogP contribution in [0, 0.1) is 0 Å². The first-order valence-electron chi connectivity index (χ1n) is 2.41. The Hall–Kier alpha value is -1.25. The summed E-state index contributed by atoms with van der Waals surface area (Å²) in [4.78, 5) is 10.2. The topological polar surface area (TPSA) is 52.3 Å². The third kappa shape index (κ3) is 3.34. The van der Waals surface area contributed by atoms with Crippen molar-refractivity contribution >= 4 is 5.91 Å². The average Bonchev–Trinajstić information content (AvgIpc) is 1.82. The molecular weight excluding hydrogens is 118 g/mol. The molecule has 0 spiro atoms. The van der Waals surface area contributed by atoms with Crippen molar-refractivity contribution in [3.8, 4) is 0 Å². The lowest BCUT2D eigenvalue weighted by Crippen LogP contribution is -2.11. The van der Waals surface area contributed by atoms with E-state index in [0.29, 0.717) is 5.57 Å². The molecule has 0 aromatic rings. The van der Waals surface area contributed by atoms with Crippen LogP contribution in [0.4, 0.5) is 0 Å². The van der Waals surface area contributed by atoms with Gasteiger partial charge in [-0.1, -0.05) is 6.58 Å². The number of amides is 1. The van der Waals surface area contributed by atoms with Gasteiger partial charge in [0.05, 0.1) is 12.5 Å². The van der Waals surface area contributed by atoms with Gasteiger partial charge in [-0.25, -0.2) is 0 Å². The molecule has 3 nitrogen and oxygen atoms in total. The molecule has 0 atom stereocenters. The monoisotopic (exact) mass is 127 g/mol. The van der Waals surface area contributed by atoms with Gasteiger partial charge in [0.1, 0.15) is 0 Å². The van der Waals surface area contributed by atoms with Crippen molar-refractivity contribution in [3.05, 3.63) is 24.7 Å². The van der Waals surface area contributed by atoms with Crippen molar-refractivity contribution in [1.82, 2.24) is 0 Å². The fourth-order valence-corrected chi connectivity index (χ4v) is 0.208. The van der Waals surface area contributed by atoms with Gasteiger partial charge in [0.25, 0.3) is 0 Å². The maximum Gasteiger partial charge on any atom is 0.247 e. The van der Waals surface area contributed by atoms with Gasteiger partial charge in [-0.2, -0.15) is 0 Å². The molecule has 0 bridgehead atoms. The van der Waals surface area contributed by atoms with Gasteiger partial charge >= 0.3 is 0 Å². The first-order valence-corrected chi connectivity index (χ1v) is 2.41. The molecule has 0 aromatic carbocycles. The predicted molar refractivity (Wildman–Crippen MR) is 34.2 cm³/mol. The molecular formula is C6H9NO2. The Kier molecular flexibility index (Phi) is 3.20. The van der Waals surface area contributed by atoms with E-state index in [1.165, 1.54) is 12.5 Å². The Labute approximate surface area is 53.8 Å². The van der Waals surface area contributed by atoms with Crippen molar-refractivity contribution in [2.24, 2.45) is 5.73 Å². The van der Waals surface area contributed by atoms with Gasteiger partial charge in [-0.15, -0.1) is 0 Å². The van der Waals surface area contributed by atoms with E-state index in [9.17, 15) is 4.79 Å². The van der Waals surface area contributed by atoms with Crippen LogP contribution in [0.5, 0.6) is 0 Å². The van der Waals surface area contributed by atoms with Gasteiger partial charge in [-0.05, 0) is 6.92 Å². The molecule has 0 aromatic heterocycles. The second kappa shape index (κ2) is 3.72. The lowest BCUT2D eigenvalue weighted by Gasteiger charge is -1.91. The fourth-order valence-electron chi connectivity index (χ4n) is 0.208. The highest BCUT2D eigenvalue weighted by Gasteiger charge is 1.93. The number of nitrogens with two attached hydrogens (primary N) is 1. The molecule has 0 heterocycles. The van der Waals surface area contributed by atoms with Gasteiger partial charge < -0.3 is 10.5 Å². The number of carbonyl (C=O) groups excluding carboxylic acids is 1. The first kappa shape index (κ1) is 7.75. The van der Waals surface area contributed by atoms with E-state index in [4.69, 9.17) is 5.73 Å². The highest BCUT2D eigenvalue weighted by Crippen LogP contribution is 1.89. The SMILES string of the molecule is C=CO/C=C(\C)C(N)=O. The van der Waals surface area contributed by atoms with Crippen LogP contribution in [0.15, 0.2) is 24.7 Å². The summed E-state index contributed by atoms with van der Waals surface area (Å²) in [5.41, 5.74) is 5.23. The molecule has 0 aliphatic carbocycles. The van der Waals surface area contributed by atoms with Crippen LogP contribution in [0.1, 0.15) is 6.92 Å². The molecule has 50 valence electrons. The van der Waals surface area contributed by atoms with Crippen LogP contribution in [0.3, 0.4) is 0 Å². The third-order valence-corrected chi connectivity index (χ3v) is 0.730. The minimum atomic E-state index is -0.489. The van der Waals surface area contributed by atoms with E-state index in [-0.39, 0.29) is 0 Å². The Morgan fingerprint density at radius 3 is 2.67 bits per heavy atom. The second-order valence-electron chi connectivity index (χ2n) is 1.47. The largest absolute Gasteiger partial charge is 0.473 e. The van der Waals surface area contributed by atoms with E-state index in [2.05, 4.69) is 11.3 Å². The standard InChI is InChI=1S/C6H9NO2/c1-3-9-4-5(2)6(7)8/h3-4H,1H2,2H3,(H2,7,8)/b5-4+. The summed E-state index contributed by atoms with van der Waals surface area (Å²) in [5, 5.41) is 0. The Balaban J connectivity index is 3.83. The number of primary amides is 1. The summed E-state index contributed by atoms with van der Waals surface area (Å²) in [6.45, 7) is 4.83. The lowest BCUT2D eigenvalue weighted by molar-refractivity contribution is -0.114. The molecule has 0 aliphatic rings. The van der Waals surface area contributed by atoms with Crippen molar-refractivity contribution in [1.29, 1.82) is 0 Å². The number of carbonyl (C=O) groups is 1. The molecule has 0 unspecified atom stereocenters. The average molecular weight is 127 g/mol. The molecule has 0 fully saturated rings. The van der Waals surface area contributed by atoms with Crippen LogP contribution in [-0.4, -0.2) is 5.91 Å². The number of ether oxygens (including phenoxy) is 1. The Bertz CT molecular complexity index is 149.